The first kappa shape index (κ1) is 17.5. The molecule has 0 saturated carbocycles. The summed E-state index contributed by atoms with van der Waals surface area (Å²) >= 11 is 1.74. The van der Waals surface area contributed by atoms with Crippen LogP contribution in [0.4, 0.5) is 0 Å². The summed E-state index contributed by atoms with van der Waals surface area (Å²) in [4.78, 5) is 5.60. The van der Waals surface area contributed by atoms with Gasteiger partial charge in [0.2, 0.25) is 10.0 Å². The second-order valence-electron chi connectivity index (χ2n) is 4.87. The lowest BCUT2D eigenvalue weighted by molar-refractivity contribution is 0.597. The van der Waals surface area contributed by atoms with Crippen molar-refractivity contribution in [3.63, 3.8) is 0 Å². The molecule has 0 fully saturated rings. The van der Waals surface area contributed by atoms with Gasteiger partial charge in [0, 0.05) is 25.0 Å². The van der Waals surface area contributed by atoms with E-state index < -0.39 is 10.0 Å². The van der Waals surface area contributed by atoms with Crippen LogP contribution in [0, 0.1) is 0 Å². The van der Waals surface area contributed by atoms with Crippen molar-refractivity contribution in [2.75, 3.05) is 13.6 Å². The molecule has 23 heavy (non-hydrogen) atoms. The lowest BCUT2D eigenvalue weighted by Gasteiger charge is -2.11. The molecule has 4 N–H and O–H groups in total. The van der Waals surface area contributed by atoms with Crippen LogP contribution in [-0.4, -0.2) is 28.0 Å². The molecule has 124 valence electrons. The third kappa shape index (κ3) is 5.66. The molecule has 0 aliphatic carbocycles. The zero-order chi connectivity index (χ0) is 16.7. The highest BCUT2D eigenvalue weighted by molar-refractivity contribution is 7.89. The van der Waals surface area contributed by atoms with E-state index in [1.807, 2.05) is 6.07 Å². The first-order chi connectivity index (χ1) is 11.0. The second kappa shape index (κ2) is 8.09. The van der Waals surface area contributed by atoms with Crippen LogP contribution in [0.5, 0.6) is 0 Å². The molecule has 0 aliphatic heterocycles. The van der Waals surface area contributed by atoms with Gasteiger partial charge in [0.1, 0.15) is 0 Å². The zero-order valence-corrected chi connectivity index (χ0v) is 14.5. The summed E-state index contributed by atoms with van der Waals surface area (Å²) in [7, 11) is -1.93. The average Bonchev–Trinajstić information content (AvgIpc) is 3.03. The van der Waals surface area contributed by atoms with Crippen molar-refractivity contribution >= 4 is 27.3 Å². The van der Waals surface area contributed by atoms with Gasteiger partial charge in [-0.05, 0) is 35.6 Å². The number of primary sulfonamides is 1. The summed E-state index contributed by atoms with van der Waals surface area (Å²) in [6.07, 6.45) is 0.946. The minimum atomic E-state index is -3.64. The van der Waals surface area contributed by atoms with E-state index in [0.717, 1.165) is 18.5 Å². The number of aliphatic imine (C=N–C) groups is 1. The van der Waals surface area contributed by atoms with Crippen molar-refractivity contribution in [1.82, 2.24) is 10.6 Å². The SMILES string of the molecule is CN=C(NCCc1cccs1)NCc1ccc(S(N)(=O)=O)cc1. The number of thiophene rings is 1. The summed E-state index contributed by atoms with van der Waals surface area (Å²) in [6.45, 7) is 1.34. The number of sulfonamides is 1. The van der Waals surface area contributed by atoms with Gasteiger partial charge in [0.05, 0.1) is 4.90 Å². The molecule has 0 unspecified atom stereocenters. The number of hydrogen-bond donors (Lipinski definition) is 3. The summed E-state index contributed by atoms with van der Waals surface area (Å²) in [6, 6.07) is 10.6. The van der Waals surface area contributed by atoms with Crippen LogP contribution in [-0.2, 0) is 23.0 Å². The van der Waals surface area contributed by atoms with Crippen LogP contribution in [0.1, 0.15) is 10.4 Å². The van der Waals surface area contributed by atoms with Gasteiger partial charge in [-0.2, -0.15) is 0 Å². The Balaban J connectivity index is 1.81. The Labute approximate surface area is 140 Å². The van der Waals surface area contributed by atoms with Crippen LogP contribution in [0.2, 0.25) is 0 Å². The predicted molar refractivity (Wildman–Crippen MR) is 94.0 cm³/mol. The Hall–Kier alpha value is -1.90. The van der Waals surface area contributed by atoms with Gasteiger partial charge in [-0.25, -0.2) is 13.6 Å². The number of guanidine groups is 1. The van der Waals surface area contributed by atoms with Gasteiger partial charge < -0.3 is 10.6 Å². The molecule has 6 nitrogen and oxygen atoms in total. The molecule has 0 spiro atoms. The number of nitrogens with one attached hydrogen (secondary N) is 2. The van der Waals surface area contributed by atoms with Gasteiger partial charge in [-0.1, -0.05) is 18.2 Å². The van der Waals surface area contributed by atoms with Crippen LogP contribution in [0.25, 0.3) is 0 Å². The summed E-state index contributed by atoms with van der Waals surface area (Å²) in [5.74, 6) is 0.706. The van der Waals surface area contributed by atoms with Crippen LogP contribution in [0.15, 0.2) is 51.7 Å². The maximum atomic E-state index is 11.2. The van der Waals surface area contributed by atoms with E-state index in [1.54, 1.807) is 30.5 Å². The van der Waals surface area contributed by atoms with Crippen LogP contribution < -0.4 is 15.8 Å². The van der Waals surface area contributed by atoms with Gasteiger partial charge >= 0.3 is 0 Å². The topological polar surface area (TPSA) is 96.6 Å². The molecular weight excluding hydrogens is 332 g/mol. The van der Waals surface area contributed by atoms with Crippen LogP contribution >= 0.6 is 11.3 Å². The predicted octanol–water partition coefficient (Wildman–Crippen LogP) is 1.30. The number of hydrogen-bond acceptors (Lipinski definition) is 4. The third-order valence-corrected chi connectivity index (χ3v) is 5.04. The van der Waals surface area contributed by atoms with Crippen LogP contribution in [0.3, 0.4) is 0 Å². The van der Waals surface area contributed by atoms with Crippen molar-refractivity contribution in [1.29, 1.82) is 0 Å². The van der Waals surface area contributed by atoms with Gasteiger partial charge in [0.25, 0.3) is 0 Å². The highest BCUT2D eigenvalue weighted by Crippen LogP contribution is 2.09. The lowest BCUT2D eigenvalue weighted by atomic mass is 10.2. The molecular formula is C15H20N4O2S2. The summed E-state index contributed by atoms with van der Waals surface area (Å²) < 4.78 is 22.4. The van der Waals surface area contributed by atoms with E-state index in [9.17, 15) is 8.42 Å². The molecule has 0 amide bonds. The van der Waals surface area contributed by atoms with Crippen molar-refractivity contribution in [3.05, 3.63) is 52.2 Å². The standard InChI is InChI=1S/C15H20N4O2S2/c1-17-15(18-9-8-13-3-2-10-22-13)19-11-12-4-6-14(7-5-12)23(16,20)21/h2-7,10H,8-9,11H2,1H3,(H2,16,20,21)(H2,17,18,19). The maximum absolute atomic E-state index is 11.2. The van der Waals surface area contributed by atoms with E-state index in [1.165, 1.54) is 17.0 Å². The lowest BCUT2D eigenvalue weighted by Crippen LogP contribution is -2.37. The van der Waals surface area contributed by atoms with Crippen molar-refractivity contribution in [3.8, 4) is 0 Å². The summed E-state index contributed by atoms with van der Waals surface area (Å²) in [5.41, 5.74) is 0.943. The quantitative estimate of drug-likeness (QED) is 0.539. The average molecular weight is 352 g/mol. The molecule has 1 aromatic heterocycles. The normalized spacial score (nSPS) is 12.2. The fourth-order valence-corrected chi connectivity index (χ4v) is 3.19. The molecule has 0 radical (unpaired) electrons. The molecule has 1 heterocycles. The van der Waals surface area contributed by atoms with Crippen molar-refractivity contribution in [2.24, 2.45) is 10.1 Å². The molecule has 0 bridgehead atoms. The number of benzene rings is 1. The molecule has 0 aliphatic rings. The first-order valence-electron chi connectivity index (χ1n) is 7.07. The largest absolute Gasteiger partial charge is 0.356 e. The Morgan fingerprint density at radius 1 is 1.22 bits per heavy atom. The van der Waals surface area contributed by atoms with E-state index in [0.29, 0.717) is 12.5 Å². The highest BCUT2D eigenvalue weighted by Gasteiger charge is 2.06. The minimum absolute atomic E-state index is 0.111. The highest BCUT2D eigenvalue weighted by atomic mass is 32.2. The Kier molecular flexibility index (Phi) is 6.14. The maximum Gasteiger partial charge on any atom is 0.238 e. The number of rotatable bonds is 6. The molecule has 8 heteroatoms. The summed E-state index contributed by atoms with van der Waals surface area (Å²) in [5, 5.41) is 13.6. The van der Waals surface area contributed by atoms with Crippen molar-refractivity contribution in [2.45, 2.75) is 17.9 Å². The smallest absolute Gasteiger partial charge is 0.238 e. The van der Waals surface area contributed by atoms with Gasteiger partial charge in [0.15, 0.2) is 5.96 Å². The fraction of sp³-hybridized carbons (Fsp3) is 0.267. The molecule has 2 aromatic rings. The van der Waals surface area contributed by atoms with Gasteiger partial charge in [-0.15, -0.1) is 11.3 Å². The van der Waals surface area contributed by atoms with E-state index >= 15 is 0 Å². The third-order valence-electron chi connectivity index (χ3n) is 3.18. The van der Waals surface area contributed by atoms with Gasteiger partial charge in [-0.3, -0.25) is 4.99 Å². The second-order valence-corrected chi connectivity index (χ2v) is 7.46. The molecule has 1 aromatic carbocycles. The van der Waals surface area contributed by atoms with E-state index in [-0.39, 0.29) is 4.90 Å². The Morgan fingerprint density at radius 3 is 2.52 bits per heavy atom. The first-order valence-corrected chi connectivity index (χ1v) is 9.50. The van der Waals surface area contributed by atoms with E-state index in [2.05, 4.69) is 27.1 Å². The Morgan fingerprint density at radius 2 is 1.96 bits per heavy atom. The molecule has 2 rings (SSSR count). The number of nitrogens with two attached hydrogens (primary N) is 1. The number of nitrogens with zero attached hydrogens (tertiary/aromatic N) is 1. The van der Waals surface area contributed by atoms with E-state index in [4.69, 9.17) is 5.14 Å². The monoisotopic (exact) mass is 352 g/mol. The van der Waals surface area contributed by atoms with Crippen molar-refractivity contribution < 1.29 is 8.42 Å². The minimum Gasteiger partial charge on any atom is -0.356 e. The molecule has 0 atom stereocenters. The Bertz CT molecular complexity index is 738. The molecule has 0 saturated heterocycles. The fourth-order valence-electron chi connectivity index (χ4n) is 1.96. The zero-order valence-electron chi connectivity index (χ0n) is 12.8.